The normalized spacial score (nSPS) is 22.8. The number of rotatable bonds is 3. The first kappa shape index (κ1) is 15.7. The Morgan fingerprint density at radius 1 is 1.16 bits per heavy atom. The van der Waals surface area contributed by atoms with E-state index >= 15 is 0 Å². The lowest BCUT2D eigenvalue weighted by atomic mass is 9.88. The maximum absolute atomic E-state index is 12.9. The number of amides is 2. The van der Waals surface area contributed by atoms with Crippen molar-refractivity contribution in [3.05, 3.63) is 54.4 Å². The monoisotopic (exact) mass is 337 g/mol. The first-order valence-electron chi connectivity index (χ1n) is 8.45. The van der Waals surface area contributed by atoms with Crippen LogP contribution in [0.2, 0.25) is 0 Å². The van der Waals surface area contributed by atoms with E-state index in [9.17, 15) is 9.59 Å². The van der Waals surface area contributed by atoms with Crippen LogP contribution >= 0.6 is 0 Å². The van der Waals surface area contributed by atoms with Crippen molar-refractivity contribution in [3.8, 4) is 0 Å². The fourth-order valence-corrected chi connectivity index (χ4v) is 3.72. The van der Waals surface area contributed by atoms with Crippen LogP contribution in [0.25, 0.3) is 0 Å². The van der Waals surface area contributed by atoms with Gasteiger partial charge in [0.25, 0.3) is 5.91 Å². The van der Waals surface area contributed by atoms with Crippen molar-refractivity contribution in [3.63, 3.8) is 0 Å². The van der Waals surface area contributed by atoms with E-state index in [4.69, 9.17) is 0 Å². The molecule has 7 heteroatoms. The molecule has 7 nitrogen and oxygen atoms in total. The van der Waals surface area contributed by atoms with Gasteiger partial charge in [0.05, 0.1) is 12.1 Å². The Morgan fingerprint density at radius 3 is 2.80 bits per heavy atom. The minimum Gasteiger partial charge on any atom is -0.338 e. The highest BCUT2D eigenvalue weighted by Gasteiger charge is 2.44. The Hall–Kier alpha value is -2.83. The molecule has 2 saturated heterocycles. The molecule has 0 aliphatic carbocycles. The van der Waals surface area contributed by atoms with Crippen LogP contribution in [0.5, 0.6) is 0 Å². The molecule has 0 unspecified atom stereocenters. The van der Waals surface area contributed by atoms with Crippen LogP contribution in [0.1, 0.15) is 22.5 Å². The first-order chi connectivity index (χ1) is 12.2. The van der Waals surface area contributed by atoms with Crippen LogP contribution in [0.3, 0.4) is 0 Å². The van der Waals surface area contributed by atoms with Gasteiger partial charge in [0, 0.05) is 51.0 Å². The molecule has 2 atom stereocenters. The van der Waals surface area contributed by atoms with Crippen LogP contribution in [0.4, 0.5) is 0 Å². The van der Waals surface area contributed by atoms with Gasteiger partial charge in [-0.15, -0.1) is 0 Å². The van der Waals surface area contributed by atoms with E-state index in [0.717, 1.165) is 18.5 Å². The number of hydrogen-bond donors (Lipinski definition) is 0. The van der Waals surface area contributed by atoms with Gasteiger partial charge in [-0.3, -0.25) is 19.6 Å². The summed E-state index contributed by atoms with van der Waals surface area (Å²) in [6, 6.07) is 3.86. The topological polar surface area (TPSA) is 79.3 Å². The van der Waals surface area contributed by atoms with Crippen molar-refractivity contribution < 1.29 is 9.59 Å². The molecule has 0 radical (unpaired) electrons. The average molecular weight is 337 g/mol. The molecule has 2 aliphatic heterocycles. The Labute approximate surface area is 145 Å². The molecule has 0 bridgehead atoms. The highest BCUT2D eigenvalue weighted by atomic mass is 16.2. The van der Waals surface area contributed by atoms with Crippen molar-refractivity contribution >= 4 is 11.8 Å². The summed E-state index contributed by atoms with van der Waals surface area (Å²) in [5.41, 5.74) is 1.36. The smallest absolute Gasteiger partial charge is 0.274 e. The summed E-state index contributed by atoms with van der Waals surface area (Å²) in [4.78, 5) is 41.2. The van der Waals surface area contributed by atoms with E-state index in [-0.39, 0.29) is 23.7 Å². The van der Waals surface area contributed by atoms with Gasteiger partial charge in [-0.1, -0.05) is 6.07 Å². The van der Waals surface area contributed by atoms with Crippen molar-refractivity contribution in [2.24, 2.45) is 11.8 Å². The number of likely N-dealkylation sites (tertiary alicyclic amines) is 2. The second-order valence-corrected chi connectivity index (χ2v) is 6.58. The Balaban J connectivity index is 1.44. The van der Waals surface area contributed by atoms with Crippen LogP contribution in [0.15, 0.2) is 43.1 Å². The molecule has 128 valence electrons. The summed E-state index contributed by atoms with van der Waals surface area (Å²) in [6.45, 7) is 2.38. The zero-order valence-corrected chi connectivity index (χ0v) is 13.8. The lowest BCUT2D eigenvalue weighted by Crippen LogP contribution is -2.44. The van der Waals surface area contributed by atoms with E-state index in [1.165, 1.54) is 12.4 Å². The summed E-state index contributed by atoms with van der Waals surface area (Å²) in [6.07, 6.45) is 8.96. The average Bonchev–Trinajstić information content (AvgIpc) is 3.10. The first-order valence-corrected chi connectivity index (χ1v) is 8.45. The molecular weight excluding hydrogens is 318 g/mol. The molecular formula is C18H19N5O2. The number of aromatic nitrogens is 3. The third-order valence-electron chi connectivity index (χ3n) is 5.01. The summed E-state index contributed by atoms with van der Waals surface area (Å²) in [5.74, 6) is 0.105. The van der Waals surface area contributed by atoms with Crippen molar-refractivity contribution in [2.45, 2.75) is 13.0 Å². The van der Waals surface area contributed by atoms with Crippen LogP contribution in [0, 0.1) is 11.8 Å². The molecule has 2 aliphatic rings. The summed E-state index contributed by atoms with van der Waals surface area (Å²) in [5, 5.41) is 0. The molecule has 2 amide bonds. The fourth-order valence-electron chi connectivity index (χ4n) is 3.72. The third-order valence-corrected chi connectivity index (χ3v) is 5.01. The SMILES string of the molecule is O=C(c1cnccn1)N1C[C@H]2CCN(Cc3cccnc3)C(=O)[C@@H]2C1. The molecule has 25 heavy (non-hydrogen) atoms. The maximum Gasteiger partial charge on any atom is 0.274 e. The minimum atomic E-state index is -0.144. The molecule has 0 saturated carbocycles. The zero-order chi connectivity index (χ0) is 17.2. The van der Waals surface area contributed by atoms with Crippen LogP contribution < -0.4 is 0 Å². The second-order valence-electron chi connectivity index (χ2n) is 6.58. The molecule has 2 fully saturated rings. The van der Waals surface area contributed by atoms with E-state index < -0.39 is 0 Å². The summed E-state index contributed by atoms with van der Waals surface area (Å²) >= 11 is 0. The van der Waals surface area contributed by atoms with Gasteiger partial charge in [-0.05, 0) is 24.0 Å². The minimum absolute atomic E-state index is 0.119. The Morgan fingerprint density at radius 2 is 2.04 bits per heavy atom. The molecule has 0 aromatic carbocycles. The maximum atomic E-state index is 12.9. The van der Waals surface area contributed by atoms with Gasteiger partial charge in [-0.2, -0.15) is 0 Å². The van der Waals surface area contributed by atoms with E-state index in [1.807, 2.05) is 17.0 Å². The Kier molecular flexibility index (Phi) is 4.13. The number of hydrogen-bond acceptors (Lipinski definition) is 5. The molecule has 0 spiro atoms. The lowest BCUT2D eigenvalue weighted by Gasteiger charge is -2.33. The van der Waals surface area contributed by atoms with Crippen LogP contribution in [-0.4, -0.2) is 56.2 Å². The molecule has 4 rings (SSSR count). The Bertz CT molecular complexity index is 768. The number of carbonyl (C=O) groups is 2. The third kappa shape index (κ3) is 3.09. The molecule has 0 N–H and O–H groups in total. The van der Waals surface area contributed by atoms with E-state index in [1.54, 1.807) is 23.5 Å². The number of nitrogens with zero attached hydrogens (tertiary/aromatic N) is 5. The zero-order valence-electron chi connectivity index (χ0n) is 13.8. The van der Waals surface area contributed by atoms with Gasteiger partial charge < -0.3 is 9.80 Å². The molecule has 2 aromatic rings. The van der Waals surface area contributed by atoms with Gasteiger partial charge in [-0.25, -0.2) is 4.98 Å². The fraction of sp³-hybridized carbons (Fsp3) is 0.389. The van der Waals surface area contributed by atoms with Crippen molar-refractivity contribution in [1.82, 2.24) is 24.8 Å². The van der Waals surface area contributed by atoms with Gasteiger partial charge in [0.1, 0.15) is 5.69 Å². The number of fused-ring (bicyclic) bond motifs is 1. The predicted octanol–water partition coefficient (Wildman–Crippen LogP) is 0.992. The van der Waals surface area contributed by atoms with Crippen molar-refractivity contribution in [2.75, 3.05) is 19.6 Å². The summed E-state index contributed by atoms with van der Waals surface area (Å²) in [7, 11) is 0. The largest absolute Gasteiger partial charge is 0.338 e. The highest BCUT2D eigenvalue weighted by Crippen LogP contribution is 2.33. The number of piperidine rings is 1. The molecule has 2 aromatic heterocycles. The quantitative estimate of drug-likeness (QED) is 0.834. The summed E-state index contributed by atoms with van der Waals surface area (Å²) < 4.78 is 0. The van der Waals surface area contributed by atoms with Gasteiger partial charge >= 0.3 is 0 Å². The van der Waals surface area contributed by atoms with E-state index in [0.29, 0.717) is 25.3 Å². The molecule has 4 heterocycles. The van der Waals surface area contributed by atoms with Gasteiger partial charge in [0.15, 0.2) is 0 Å². The van der Waals surface area contributed by atoms with Gasteiger partial charge in [0.2, 0.25) is 5.91 Å². The van der Waals surface area contributed by atoms with E-state index in [2.05, 4.69) is 15.0 Å². The number of pyridine rings is 1. The standard InChI is InChI=1S/C18H19N5O2/c24-17-15-12-23(18(25)16-9-20-5-6-21-16)11-14(15)3-7-22(17)10-13-2-1-4-19-8-13/h1-2,4-6,8-9,14-15H,3,7,10-12H2/t14-,15-/m1/s1. The number of carbonyl (C=O) groups excluding carboxylic acids is 2. The van der Waals surface area contributed by atoms with Crippen LogP contribution in [-0.2, 0) is 11.3 Å². The predicted molar refractivity (Wildman–Crippen MR) is 89.2 cm³/mol. The highest BCUT2D eigenvalue weighted by molar-refractivity contribution is 5.93. The van der Waals surface area contributed by atoms with Crippen molar-refractivity contribution in [1.29, 1.82) is 0 Å². The lowest BCUT2D eigenvalue weighted by molar-refractivity contribution is -0.140. The second kappa shape index (κ2) is 6.58.